The largest absolute Gasteiger partial charge is 0.507 e. The van der Waals surface area contributed by atoms with E-state index < -0.39 is 0 Å². The van der Waals surface area contributed by atoms with E-state index in [0.29, 0.717) is 18.0 Å². The number of fused-ring (bicyclic) bond motifs is 1. The van der Waals surface area contributed by atoms with E-state index in [-0.39, 0.29) is 23.0 Å². The predicted octanol–water partition coefficient (Wildman–Crippen LogP) is 4.56. The summed E-state index contributed by atoms with van der Waals surface area (Å²) in [5.74, 6) is 1.02. The minimum absolute atomic E-state index is 0.0347. The van der Waals surface area contributed by atoms with E-state index in [4.69, 9.17) is 4.99 Å². The smallest absolute Gasteiger partial charge is 0.278 e. The highest BCUT2D eigenvalue weighted by Gasteiger charge is 2.40. The Bertz CT molecular complexity index is 987. The van der Waals surface area contributed by atoms with Crippen molar-refractivity contribution in [3.05, 3.63) is 70.9 Å². The molecule has 1 unspecified atom stereocenters. The lowest BCUT2D eigenvalue weighted by molar-refractivity contribution is -0.121. The highest BCUT2D eigenvalue weighted by Crippen LogP contribution is 2.53. The Labute approximate surface area is 159 Å². The first-order chi connectivity index (χ1) is 12.8. The molecule has 1 atom stereocenters. The number of aromatic hydroxyl groups is 1. The number of benzene rings is 2. The molecule has 0 radical (unpaired) electrons. The molecule has 2 aromatic rings. The second-order valence-corrected chi connectivity index (χ2v) is 8.12. The molecule has 2 aromatic carbocycles. The topological polar surface area (TPSA) is 52.9 Å². The molecule has 0 aromatic heterocycles. The molecule has 1 heterocycles. The highest BCUT2D eigenvalue weighted by molar-refractivity contribution is 6.20. The van der Waals surface area contributed by atoms with Gasteiger partial charge in [-0.2, -0.15) is 0 Å². The van der Waals surface area contributed by atoms with E-state index in [1.165, 1.54) is 0 Å². The number of phenolic OH excluding ortho intramolecular Hbond substituents is 1. The van der Waals surface area contributed by atoms with Gasteiger partial charge < -0.3 is 5.11 Å². The molecule has 4 heteroatoms. The maximum absolute atomic E-state index is 13.1. The number of likely N-dealkylation sites (N-methyl/N-ethyl adjacent to an activating group) is 1. The van der Waals surface area contributed by atoms with Gasteiger partial charge in [0.2, 0.25) is 0 Å². The van der Waals surface area contributed by atoms with Gasteiger partial charge in [-0.05, 0) is 35.0 Å². The van der Waals surface area contributed by atoms with Crippen LogP contribution in [0, 0.1) is 5.41 Å². The third-order valence-electron chi connectivity index (χ3n) is 6.01. The van der Waals surface area contributed by atoms with Crippen LogP contribution in [0.1, 0.15) is 49.8 Å². The molecule has 1 aliphatic carbocycles. The zero-order chi connectivity index (χ0) is 19.3. The SMILES string of the molecule is CC1c2cccc(O)c2/C(=C2\N=C(c3ccccc3)N(C)C2=O)CC1(C)C. The Morgan fingerprint density at radius 1 is 1.11 bits per heavy atom. The predicted molar refractivity (Wildman–Crippen MR) is 108 cm³/mol. The van der Waals surface area contributed by atoms with Crippen molar-refractivity contribution >= 4 is 17.3 Å². The standard InChI is InChI=1S/C23H24N2O2/c1-14-16-11-8-12-18(26)19(16)17(13-23(14,2)3)20-22(27)25(4)21(24-20)15-9-6-5-7-10-15/h5-12,14,26H,13H2,1-4H3/b20-17-. The lowest BCUT2D eigenvalue weighted by Gasteiger charge is -2.39. The van der Waals surface area contributed by atoms with Crippen molar-refractivity contribution in [2.45, 2.75) is 33.1 Å². The van der Waals surface area contributed by atoms with Crippen LogP contribution in [0.4, 0.5) is 0 Å². The maximum Gasteiger partial charge on any atom is 0.278 e. The summed E-state index contributed by atoms with van der Waals surface area (Å²) in [5.41, 5.74) is 4.01. The van der Waals surface area contributed by atoms with Crippen LogP contribution in [0.15, 0.2) is 59.2 Å². The van der Waals surface area contributed by atoms with Gasteiger partial charge in [-0.3, -0.25) is 9.69 Å². The molecule has 1 amide bonds. The van der Waals surface area contributed by atoms with E-state index in [1.54, 1.807) is 18.0 Å². The number of allylic oxidation sites excluding steroid dienone is 1. The number of amidine groups is 1. The molecule has 138 valence electrons. The van der Waals surface area contributed by atoms with Gasteiger partial charge >= 0.3 is 0 Å². The summed E-state index contributed by atoms with van der Waals surface area (Å²) in [4.78, 5) is 19.4. The molecule has 2 aliphatic rings. The second-order valence-electron chi connectivity index (χ2n) is 8.12. The Morgan fingerprint density at radius 3 is 2.52 bits per heavy atom. The number of carbonyl (C=O) groups excluding carboxylic acids is 1. The zero-order valence-electron chi connectivity index (χ0n) is 16.2. The molecular weight excluding hydrogens is 336 g/mol. The molecule has 0 spiro atoms. The van der Waals surface area contributed by atoms with Crippen molar-refractivity contribution in [1.29, 1.82) is 0 Å². The normalized spacial score (nSPS) is 24.0. The number of aliphatic imine (C=N–C) groups is 1. The van der Waals surface area contributed by atoms with Gasteiger partial charge in [0.1, 0.15) is 17.3 Å². The van der Waals surface area contributed by atoms with Crippen LogP contribution in [-0.4, -0.2) is 28.8 Å². The fourth-order valence-corrected chi connectivity index (χ4v) is 4.09. The third kappa shape index (κ3) is 2.67. The van der Waals surface area contributed by atoms with E-state index in [2.05, 4.69) is 20.8 Å². The minimum atomic E-state index is -0.122. The number of hydrogen-bond donors (Lipinski definition) is 1. The number of amides is 1. The van der Waals surface area contributed by atoms with Crippen LogP contribution in [0.5, 0.6) is 5.75 Å². The fraction of sp³-hybridized carbons (Fsp3) is 0.304. The van der Waals surface area contributed by atoms with Crippen molar-refractivity contribution in [2.75, 3.05) is 7.05 Å². The molecule has 1 N–H and O–H groups in total. The monoisotopic (exact) mass is 360 g/mol. The third-order valence-corrected chi connectivity index (χ3v) is 6.01. The van der Waals surface area contributed by atoms with Crippen LogP contribution < -0.4 is 0 Å². The van der Waals surface area contributed by atoms with E-state index >= 15 is 0 Å². The molecule has 1 aliphatic heterocycles. The van der Waals surface area contributed by atoms with Crippen molar-refractivity contribution in [3.8, 4) is 5.75 Å². The Balaban J connectivity index is 1.96. The summed E-state index contributed by atoms with van der Waals surface area (Å²) < 4.78 is 0. The van der Waals surface area contributed by atoms with Crippen LogP contribution in [0.2, 0.25) is 0 Å². The van der Waals surface area contributed by atoms with Gasteiger partial charge in [0.15, 0.2) is 0 Å². The van der Waals surface area contributed by atoms with E-state index in [0.717, 1.165) is 22.3 Å². The van der Waals surface area contributed by atoms with Crippen molar-refractivity contribution in [2.24, 2.45) is 10.4 Å². The first kappa shape index (κ1) is 17.5. The van der Waals surface area contributed by atoms with Crippen molar-refractivity contribution in [1.82, 2.24) is 4.90 Å². The van der Waals surface area contributed by atoms with Crippen molar-refractivity contribution in [3.63, 3.8) is 0 Å². The van der Waals surface area contributed by atoms with Gasteiger partial charge in [-0.1, -0.05) is 63.2 Å². The summed E-state index contributed by atoms with van der Waals surface area (Å²) in [7, 11) is 1.75. The summed E-state index contributed by atoms with van der Waals surface area (Å²) in [5, 5.41) is 10.6. The highest BCUT2D eigenvalue weighted by atomic mass is 16.3. The molecule has 0 bridgehead atoms. The first-order valence-corrected chi connectivity index (χ1v) is 9.29. The fourth-order valence-electron chi connectivity index (χ4n) is 4.09. The molecule has 27 heavy (non-hydrogen) atoms. The average Bonchev–Trinajstić information content (AvgIpc) is 2.94. The number of nitrogens with zero attached hydrogens (tertiary/aromatic N) is 2. The Kier molecular flexibility index (Phi) is 3.95. The average molecular weight is 360 g/mol. The first-order valence-electron chi connectivity index (χ1n) is 9.29. The second kappa shape index (κ2) is 6.08. The van der Waals surface area contributed by atoms with Gasteiger partial charge in [0.25, 0.3) is 5.91 Å². The molecule has 0 saturated heterocycles. The van der Waals surface area contributed by atoms with Crippen LogP contribution in [-0.2, 0) is 4.79 Å². The number of carbonyl (C=O) groups is 1. The molecule has 0 fully saturated rings. The van der Waals surface area contributed by atoms with E-state index in [9.17, 15) is 9.90 Å². The maximum atomic E-state index is 13.1. The van der Waals surface area contributed by atoms with Gasteiger partial charge in [0, 0.05) is 18.2 Å². The molecule has 0 saturated carbocycles. The van der Waals surface area contributed by atoms with Gasteiger partial charge in [-0.25, -0.2) is 4.99 Å². The van der Waals surface area contributed by atoms with Crippen LogP contribution in [0.25, 0.3) is 5.57 Å². The van der Waals surface area contributed by atoms with Crippen LogP contribution in [0.3, 0.4) is 0 Å². The van der Waals surface area contributed by atoms with Gasteiger partial charge in [0.05, 0.1) is 0 Å². The Morgan fingerprint density at radius 2 is 1.81 bits per heavy atom. The Hall–Kier alpha value is -2.88. The summed E-state index contributed by atoms with van der Waals surface area (Å²) in [6, 6.07) is 15.3. The number of hydrogen-bond acceptors (Lipinski definition) is 3. The minimum Gasteiger partial charge on any atom is -0.507 e. The molecule has 4 nitrogen and oxygen atoms in total. The lowest BCUT2D eigenvalue weighted by Crippen LogP contribution is -2.30. The van der Waals surface area contributed by atoms with Gasteiger partial charge in [-0.15, -0.1) is 0 Å². The molecule has 4 rings (SSSR count). The molecular formula is C23H24N2O2. The zero-order valence-corrected chi connectivity index (χ0v) is 16.2. The van der Waals surface area contributed by atoms with E-state index in [1.807, 2.05) is 42.5 Å². The summed E-state index contributed by atoms with van der Waals surface area (Å²) >= 11 is 0. The number of phenols is 1. The van der Waals surface area contributed by atoms with Crippen molar-refractivity contribution < 1.29 is 9.90 Å². The quantitative estimate of drug-likeness (QED) is 0.758. The lowest BCUT2D eigenvalue weighted by atomic mass is 9.64. The summed E-state index contributed by atoms with van der Waals surface area (Å²) in [6.45, 7) is 6.59. The summed E-state index contributed by atoms with van der Waals surface area (Å²) in [6.07, 6.45) is 0.694. The van der Waals surface area contributed by atoms with Crippen LogP contribution >= 0.6 is 0 Å². The number of rotatable bonds is 1.